The molecular weight excluding hydrogens is 212 g/mol. The summed E-state index contributed by atoms with van der Waals surface area (Å²) in [7, 11) is 0. The number of hydrogen-bond acceptors (Lipinski definition) is 3. The SMILES string of the molecule is CC1(O)CCCN(C2CCCCC2C#N)CC1. The van der Waals surface area contributed by atoms with Crippen molar-refractivity contribution in [3.63, 3.8) is 0 Å². The number of likely N-dealkylation sites (tertiary alicyclic amines) is 1. The lowest BCUT2D eigenvalue weighted by molar-refractivity contribution is 0.0405. The summed E-state index contributed by atoms with van der Waals surface area (Å²) in [6.45, 7) is 3.95. The van der Waals surface area contributed by atoms with Gasteiger partial charge in [-0.25, -0.2) is 0 Å². The second kappa shape index (κ2) is 5.37. The number of nitrogens with zero attached hydrogens (tertiary/aromatic N) is 2. The van der Waals surface area contributed by atoms with E-state index in [0.29, 0.717) is 6.04 Å². The summed E-state index contributed by atoms with van der Waals surface area (Å²) >= 11 is 0. The van der Waals surface area contributed by atoms with Gasteiger partial charge in [-0.1, -0.05) is 12.8 Å². The molecule has 3 heteroatoms. The Morgan fingerprint density at radius 3 is 2.71 bits per heavy atom. The second-order valence-electron chi connectivity index (χ2n) is 5.97. The van der Waals surface area contributed by atoms with Gasteiger partial charge in [0.05, 0.1) is 17.6 Å². The molecule has 3 atom stereocenters. The van der Waals surface area contributed by atoms with E-state index >= 15 is 0 Å². The van der Waals surface area contributed by atoms with Crippen molar-refractivity contribution in [1.82, 2.24) is 4.90 Å². The van der Waals surface area contributed by atoms with Crippen LogP contribution in [0, 0.1) is 17.2 Å². The largest absolute Gasteiger partial charge is 0.390 e. The van der Waals surface area contributed by atoms with Crippen LogP contribution in [0.4, 0.5) is 0 Å². The van der Waals surface area contributed by atoms with E-state index < -0.39 is 5.60 Å². The Kier molecular flexibility index (Phi) is 4.06. The molecule has 0 spiro atoms. The second-order valence-corrected chi connectivity index (χ2v) is 5.97. The molecule has 2 aliphatic rings. The molecule has 1 aliphatic carbocycles. The summed E-state index contributed by atoms with van der Waals surface area (Å²) in [6, 6.07) is 2.94. The lowest BCUT2D eigenvalue weighted by atomic mass is 9.84. The minimum absolute atomic E-state index is 0.215. The molecule has 2 rings (SSSR count). The molecular formula is C14H24N2O. The van der Waals surface area contributed by atoms with Gasteiger partial charge in [0.25, 0.3) is 0 Å². The highest BCUT2D eigenvalue weighted by Crippen LogP contribution is 2.31. The van der Waals surface area contributed by atoms with Gasteiger partial charge < -0.3 is 5.11 Å². The third-order valence-electron chi connectivity index (χ3n) is 4.46. The van der Waals surface area contributed by atoms with Crippen LogP contribution in [-0.2, 0) is 0 Å². The van der Waals surface area contributed by atoms with Gasteiger partial charge in [-0.2, -0.15) is 5.26 Å². The maximum Gasteiger partial charge on any atom is 0.0672 e. The normalized spacial score (nSPS) is 40.5. The van der Waals surface area contributed by atoms with Gasteiger partial charge in [0.15, 0.2) is 0 Å². The summed E-state index contributed by atoms with van der Waals surface area (Å²) in [5.74, 6) is 0.215. The van der Waals surface area contributed by atoms with E-state index in [9.17, 15) is 10.4 Å². The van der Waals surface area contributed by atoms with Crippen molar-refractivity contribution in [3.8, 4) is 6.07 Å². The Bertz CT molecular complexity index is 295. The Hall–Kier alpha value is -0.590. The maximum absolute atomic E-state index is 10.1. The monoisotopic (exact) mass is 236 g/mol. The van der Waals surface area contributed by atoms with Gasteiger partial charge >= 0.3 is 0 Å². The first-order chi connectivity index (χ1) is 8.12. The molecule has 1 saturated carbocycles. The van der Waals surface area contributed by atoms with E-state index in [-0.39, 0.29) is 5.92 Å². The van der Waals surface area contributed by atoms with Crippen LogP contribution in [0.3, 0.4) is 0 Å². The number of nitriles is 1. The van der Waals surface area contributed by atoms with Crippen molar-refractivity contribution in [2.24, 2.45) is 5.92 Å². The van der Waals surface area contributed by atoms with Gasteiger partial charge in [0, 0.05) is 12.6 Å². The topological polar surface area (TPSA) is 47.3 Å². The summed E-state index contributed by atoms with van der Waals surface area (Å²) in [5, 5.41) is 19.3. The fourth-order valence-corrected chi connectivity index (χ4v) is 3.31. The predicted molar refractivity (Wildman–Crippen MR) is 67.4 cm³/mol. The van der Waals surface area contributed by atoms with Gasteiger partial charge in [-0.15, -0.1) is 0 Å². The van der Waals surface area contributed by atoms with Gasteiger partial charge in [0.1, 0.15) is 0 Å². The Labute approximate surface area is 104 Å². The average molecular weight is 236 g/mol. The molecule has 0 aromatic rings. The molecule has 3 nitrogen and oxygen atoms in total. The maximum atomic E-state index is 10.1. The zero-order chi connectivity index (χ0) is 12.3. The van der Waals surface area contributed by atoms with Gasteiger partial charge in [-0.3, -0.25) is 4.90 Å². The molecule has 2 fully saturated rings. The minimum Gasteiger partial charge on any atom is -0.390 e. The van der Waals surface area contributed by atoms with E-state index in [1.54, 1.807) is 0 Å². The first kappa shape index (κ1) is 12.9. The zero-order valence-electron chi connectivity index (χ0n) is 10.9. The van der Waals surface area contributed by atoms with Gasteiger partial charge in [0.2, 0.25) is 0 Å². The van der Waals surface area contributed by atoms with Crippen LogP contribution in [0.25, 0.3) is 0 Å². The van der Waals surface area contributed by atoms with Gasteiger partial charge in [-0.05, 0) is 45.6 Å². The summed E-state index contributed by atoms with van der Waals surface area (Å²) in [4.78, 5) is 2.47. The van der Waals surface area contributed by atoms with Crippen LogP contribution >= 0.6 is 0 Å². The molecule has 1 heterocycles. The number of aliphatic hydroxyl groups is 1. The van der Waals surface area contributed by atoms with Crippen LogP contribution in [0.2, 0.25) is 0 Å². The lowest BCUT2D eigenvalue weighted by Gasteiger charge is -2.36. The molecule has 0 radical (unpaired) electrons. The Balaban J connectivity index is 1.99. The first-order valence-electron chi connectivity index (χ1n) is 6.98. The Morgan fingerprint density at radius 2 is 1.94 bits per heavy atom. The standard InChI is InChI=1S/C14H24N2O/c1-14(17)7-4-9-16(10-8-14)13-6-3-2-5-12(13)11-15/h12-13,17H,2-10H2,1H3. The average Bonchev–Trinajstić information content (AvgIpc) is 2.50. The third kappa shape index (κ3) is 3.20. The van der Waals surface area contributed by atoms with Crippen LogP contribution < -0.4 is 0 Å². The van der Waals surface area contributed by atoms with Crippen molar-refractivity contribution in [2.75, 3.05) is 13.1 Å². The fraction of sp³-hybridized carbons (Fsp3) is 0.929. The van der Waals surface area contributed by atoms with Crippen LogP contribution in [0.5, 0.6) is 0 Å². The molecule has 96 valence electrons. The molecule has 0 aromatic heterocycles. The summed E-state index contributed by atoms with van der Waals surface area (Å²) in [6.07, 6.45) is 7.50. The minimum atomic E-state index is -0.494. The molecule has 1 aliphatic heterocycles. The van der Waals surface area contributed by atoms with E-state index in [4.69, 9.17) is 0 Å². The predicted octanol–water partition coefficient (Wildman–Crippen LogP) is 2.31. The van der Waals surface area contributed by atoms with E-state index in [2.05, 4.69) is 11.0 Å². The number of hydrogen-bond donors (Lipinski definition) is 1. The van der Waals surface area contributed by atoms with Crippen molar-refractivity contribution in [2.45, 2.75) is 63.5 Å². The van der Waals surface area contributed by atoms with E-state index in [1.165, 1.54) is 19.3 Å². The van der Waals surface area contributed by atoms with Crippen LogP contribution in [-0.4, -0.2) is 34.7 Å². The third-order valence-corrected chi connectivity index (χ3v) is 4.46. The summed E-state index contributed by atoms with van der Waals surface area (Å²) < 4.78 is 0. The van der Waals surface area contributed by atoms with Crippen molar-refractivity contribution in [3.05, 3.63) is 0 Å². The quantitative estimate of drug-likeness (QED) is 0.760. The highest BCUT2D eigenvalue weighted by Gasteiger charge is 2.33. The lowest BCUT2D eigenvalue weighted by Crippen LogP contribution is -2.43. The van der Waals surface area contributed by atoms with Crippen molar-refractivity contribution >= 4 is 0 Å². The van der Waals surface area contributed by atoms with Crippen molar-refractivity contribution in [1.29, 1.82) is 5.26 Å². The molecule has 0 aromatic carbocycles. The number of rotatable bonds is 1. The van der Waals surface area contributed by atoms with Crippen LogP contribution in [0.15, 0.2) is 0 Å². The highest BCUT2D eigenvalue weighted by atomic mass is 16.3. The highest BCUT2D eigenvalue weighted by molar-refractivity contribution is 4.96. The molecule has 17 heavy (non-hydrogen) atoms. The Morgan fingerprint density at radius 1 is 1.18 bits per heavy atom. The van der Waals surface area contributed by atoms with Crippen LogP contribution in [0.1, 0.15) is 51.9 Å². The van der Waals surface area contributed by atoms with Crippen molar-refractivity contribution < 1.29 is 5.11 Å². The van der Waals surface area contributed by atoms with E-state index in [1.807, 2.05) is 6.92 Å². The smallest absolute Gasteiger partial charge is 0.0672 e. The molecule has 1 N–H and O–H groups in total. The molecule has 3 unspecified atom stereocenters. The zero-order valence-corrected chi connectivity index (χ0v) is 10.9. The summed E-state index contributed by atoms with van der Waals surface area (Å²) in [5.41, 5.74) is -0.494. The fourth-order valence-electron chi connectivity index (χ4n) is 3.31. The molecule has 0 bridgehead atoms. The first-order valence-corrected chi connectivity index (χ1v) is 6.98. The molecule has 0 amide bonds. The molecule has 1 saturated heterocycles. The van der Waals surface area contributed by atoms with E-state index in [0.717, 1.165) is 38.8 Å².